The Balaban J connectivity index is 1.50. The second kappa shape index (κ2) is 8.95. The Bertz CT molecular complexity index is 940. The van der Waals surface area contributed by atoms with Crippen LogP contribution < -0.4 is 10.1 Å². The second-order valence-corrected chi connectivity index (χ2v) is 8.31. The third-order valence-electron chi connectivity index (χ3n) is 4.64. The molecule has 0 saturated carbocycles. The lowest BCUT2D eigenvalue weighted by molar-refractivity contribution is -0.156. The SMILES string of the molecule is CC(C)(C)OC(=O)C[C@@H]1C[C@@H](COc2ccc(-c3ccc(C#N)nc3)cc2)NC1=O. The molecule has 1 saturated heterocycles. The van der Waals surface area contributed by atoms with Crippen LogP contribution in [0.15, 0.2) is 42.6 Å². The van der Waals surface area contributed by atoms with Crippen molar-refractivity contribution in [1.29, 1.82) is 5.26 Å². The van der Waals surface area contributed by atoms with E-state index in [1.54, 1.807) is 33.0 Å². The van der Waals surface area contributed by atoms with Gasteiger partial charge in [0.1, 0.15) is 29.7 Å². The van der Waals surface area contributed by atoms with Gasteiger partial charge in [0.25, 0.3) is 0 Å². The van der Waals surface area contributed by atoms with Crippen molar-refractivity contribution in [3.8, 4) is 22.9 Å². The van der Waals surface area contributed by atoms with Crippen molar-refractivity contribution in [3.05, 3.63) is 48.3 Å². The van der Waals surface area contributed by atoms with Gasteiger partial charge in [-0.2, -0.15) is 5.26 Å². The van der Waals surface area contributed by atoms with Gasteiger partial charge < -0.3 is 14.8 Å². The maximum absolute atomic E-state index is 12.1. The van der Waals surface area contributed by atoms with Crippen LogP contribution in [0.3, 0.4) is 0 Å². The van der Waals surface area contributed by atoms with Crippen molar-refractivity contribution in [2.24, 2.45) is 5.92 Å². The van der Waals surface area contributed by atoms with E-state index in [9.17, 15) is 9.59 Å². The van der Waals surface area contributed by atoms with Gasteiger partial charge in [-0.15, -0.1) is 0 Å². The molecular formula is C23H25N3O4. The van der Waals surface area contributed by atoms with Crippen LogP contribution in [-0.2, 0) is 14.3 Å². The van der Waals surface area contributed by atoms with E-state index >= 15 is 0 Å². The zero-order valence-electron chi connectivity index (χ0n) is 17.3. The number of nitriles is 1. The Hall–Kier alpha value is -3.40. The molecule has 1 fully saturated rings. The normalized spacial score (nSPS) is 18.4. The van der Waals surface area contributed by atoms with Crippen LogP contribution >= 0.6 is 0 Å². The number of amides is 1. The minimum Gasteiger partial charge on any atom is -0.491 e. The molecule has 1 aliphatic rings. The molecule has 156 valence electrons. The van der Waals surface area contributed by atoms with Crippen LogP contribution in [0.25, 0.3) is 11.1 Å². The molecular weight excluding hydrogens is 382 g/mol. The largest absolute Gasteiger partial charge is 0.491 e. The summed E-state index contributed by atoms with van der Waals surface area (Å²) in [5, 5.41) is 11.7. The number of carbonyl (C=O) groups excluding carboxylic acids is 2. The monoisotopic (exact) mass is 407 g/mol. The van der Waals surface area contributed by atoms with E-state index in [4.69, 9.17) is 14.7 Å². The highest BCUT2D eigenvalue weighted by atomic mass is 16.6. The maximum atomic E-state index is 12.1. The fourth-order valence-electron chi connectivity index (χ4n) is 3.27. The predicted molar refractivity (Wildman–Crippen MR) is 110 cm³/mol. The van der Waals surface area contributed by atoms with Crippen molar-refractivity contribution in [3.63, 3.8) is 0 Å². The number of ether oxygens (including phenoxy) is 2. The van der Waals surface area contributed by atoms with Crippen molar-refractivity contribution in [2.45, 2.75) is 45.3 Å². The van der Waals surface area contributed by atoms with Crippen molar-refractivity contribution >= 4 is 11.9 Å². The number of hydrogen-bond acceptors (Lipinski definition) is 6. The third-order valence-corrected chi connectivity index (χ3v) is 4.64. The van der Waals surface area contributed by atoms with Gasteiger partial charge >= 0.3 is 5.97 Å². The molecule has 2 aromatic rings. The summed E-state index contributed by atoms with van der Waals surface area (Å²) in [6.45, 7) is 5.74. The van der Waals surface area contributed by atoms with Gasteiger partial charge in [-0.1, -0.05) is 12.1 Å². The zero-order chi connectivity index (χ0) is 21.7. The number of carbonyl (C=O) groups is 2. The summed E-state index contributed by atoms with van der Waals surface area (Å²) >= 11 is 0. The zero-order valence-corrected chi connectivity index (χ0v) is 17.3. The van der Waals surface area contributed by atoms with Crippen LogP contribution in [0, 0.1) is 17.2 Å². The van der Waals surface area contributed by atoms with Crippen molar-refractivity contribution in [2.75, 3.05) is 6.61 Å². The first-order chi connectivity index (χ1) is 14.2. The molecule has 7 heteroatoms. The first kappa shape index (κ1) is 21.3. The summed E-state index contributed by atoms with van der Waals surface area (Å²) in [7, 11) is 0. The molecule has 0 bridgehead atoms. The fraction of sp³-hybridized carbons (Fsp3) is 0.391. The molecule has 1 aromatic carbocycles. The maximum Gasteiger partial charge on any atom is 0.307 e. The highest BCUT2D eigenvalue weighted by Crippen LogP contribution is 2.24. The molecule has 0 aliphatic carbocycles. The van der Waals surface area contributed by atoms with E-state index in [2.05, 4.69) is 10.3 Å². The number of pyridine rings is 1. The Morgan fingerprint density at radius 3 is 2.50 bits per heavy atom. The van der Waals surface area contributed by atoms with Crippen molar-refractivity contribution in [1.82, 2.24) is 10.3 Å². The molecule has 1 amide bonds. The van der Waals surface area contributed by atoms with Gasteiger partial charge in [-0.3, -0.25) is 9.59 Å². The molecule has 30 heavy (non-hydrogen) atoms. The lowest BCUT2D eigenvalue weighted by Gasteiger charge is -2.20. The highest BCUT2D eigenvalue weighted by molar-refractivity contribution is 5.85. The van der Waals surface area contributed by atoms with E-state index in [1.807, 2.05) is 36.4 Å². The topological polar surface area (TPSA) is 101 Å². The van der Waals surface area contributed by atoms with Crippen LogP contribution in [0.5, 0.6) is 5.75 Å². The summed E-state index contributed by atoms with van der Waals surface area (Å²) in [6.07, 6.45) is 2.27. The van der Waals surface area contributed by atoms with E-state index in [1.165, 1.54) is 0 Å². The highest BCUT2D eigenvalue weighted by Gasteiger charge is 2.35. The summed E-state index contributed by atoms with van der Waals surface area (Å²) in [4.78, 5) is 28.2. The van der Waals surface area contributed by atoms with Gasteiger partial charge in [-0.05, 0) is 57.0 Å². The molecule has 7 nitrogen and oxygen atoms in total. The minimum absolute atomic E-state index is 0.0763. The molecule has 1 aliphatic heterocycles. The van der Waals surface area contributed by atoms with Gasteiger partial charge in [0.15, 0.2) is 0 Å². The van der Waals surface area contributed by atoms with Gasteiger partial charge in [0.2, 0.25) is 5.91 Å². The van der Waals surface area contributed by atoms with E-state index in [0.29, 0.717) is 24.5 Å². The quantitative estimate of drug-likeness (QED) is 0.738. The molecule has 0 unspecified atom stereocenters. The predicted octanol–water partition coefficient (Wildman–Crippen LogP) is 3.24. The van der Waals surface area contributed by atoms with Crippen LogP contribution in [0.2, 0.25) is 0 Å². The van der Waals surface area contributed by atoms with Gasteiger partial charge in [0, 0.05) is 11.8 Å². The van der Waals surface area contributed by atoms with E-state index < -0.39 is 5.60 Å². The Kier molecular flexibility index (Phi) is 6.36. The molecule has 1 aromatic heterocycles. The number of nitrogens with one attached hydrogen (secondary N) is 1. The van der Waals surface area contributed by atoms with E-state index in [0.717, 1.165) is 11.1 Å². The smallest absolute Gasteiger partial charge is 0.307 e. The van der Waals surface area contributed by atoms with Crippen LogP contribution in [0.4, 0.5) is 0 Å². The summed E-state index contributed by atoms with van der Waals surface area (Å²) < 4.78 is 11.1. The van der Waals surface area contributed by atoms with Crippen LogP contribution in [0.1, 0.15) is 39.3 Å². The molecule has 0 radical (unpaired) electrons. The number of benzene rings is 1. The number of hydrogen-bond donors (Lipinski definition) is 1. The molecule has 3 rings (SSSR count). The standard InChI is InChI=1S/C23H25N3O4/c1-23(2,3)30-21(27)11-17-10-19(26-22(17)28)14-29-20-8-5-15(6-9-20)16-4-7-18(12-24)25-13-16/h4-9,13,17,19H,10-11,14H2,1-3H3,(H,26,28)/t17-,19-/m0/s1. The summed E-state index contributed by atoms with van der Waals surface area (Å²) in [5.74, 6) is -0.208. The lowest BCUT2D eigenvalue weighted by Crippen LogP contribution is -2.31. The molecule has 2 atom stereocenters. The molecule has 2 heterocycles. The Morgan fingerprint density at radius 1 is 1.20 bits per heavy atom. The first-order valence-corrected chi connectivity index (χ1v) is 9.85. The third kappa shape index (κ3) is 5.80. The van der Waals surface area contributed by atoms with Gasteiger partial charge in [0.05, 0.1) is 18.4 Å². The fourth-order valence-corrected chi connectivity index (χ4v) is 3.27. The number of aromatic nitrogens is 1. The number of nitrogens with zero attached hydrogens (tertiary/aromatic N) is 2. The molecule has 0 spiro atoms. The first-order valence-electron chi connectivity index (χ1n) is 9.85. The average molecular weight is 407 g/mol. The lowest BCUT2D eigenvalue weighted by atomic mass is 10.0. The van der Waals surface area contributed by atoms with E-state index in [-0.39, 0.29) is 30.3 Å². The van der Waals surface area contributed by atoms with Gasteiger partial charge in [-0.25, -0.2) is 4.98 Å². The number of esters is 1. The number of rotatable bonds is 6. The van der Waals surface area contributed by atoms with Crippen molar-refractivity contribution < 1.29 is 19.1 Å². The van der Waals surface area contributed by atoms with Crippen LogP contribution in [-0.4, -0.2) is 35.1 Å². The summed E-state index contributed by atoms with van der Waals surface area (Å²) in [5.41, 5.74) is 1.69. The average Bonchev–Trinajstić information content (AvgIpc) is 3.04. The second-order valence-electron chi connectivity index (χ2n) is 8.31. The summed E-state index contributed by atoms with van der Waals surface area (Å²) in [6, 6.07) is 12.9. The Labute approximate surface area is 176 Å². The minimum atomic E-state index is -0.561. The molecule has 1 N–H and O–H groups in total. The Morgan fingerprint density at radius 2 is 1.90 bits per heavy atom.